The molecule has 1 amide bonds. The third-order valence-electron chi connectivity index (χ3n) is 4.58. The predicted octanol–water partition coefficient (Wildman–Crippen LogP) is 5.58. The molecule has 0 radical (unpaired) electrons. The van der Waals surface area contributed by atoms with Crippen LogP contribution in [-0.4, -0.2) is 21.8 Å². The summed E-state index contributed by atoms with van der Waals surface area (Å²) >= 11 is 0. The maximum absolute atomic E-state index is 13.2. The molecule has 0 spiro atoms. The molecule has 1 aliphatic rings. The topological polar surface area (TPSA) is 73.1 Å². The van der Waals surface area contributed by atoms with E-state index < -0.39 is 52.5 Å². The van der Waals surface area contributed by atoms with Crippen molar-refractivity contribution in [2.24, 2.45) is 11.0 Å². The highest BCUT2D eigenvalue weighted by Gasteiger charge is 2.39. The molecule has 3 rings (SSSR count). The van der Waals surface area contributed by atoms with Crippen LogP contribution in [0.2, 0.25) is 0 Å². The Morgan fingerprint density at radius 2 is 1.47 bits per heavy atom. The van der Waals surface area contributed by atoms with Crippen molar-refractivity contribution in [2.45, 2.75) is 26.2 Å². The summed E-state index contributed by atoms with van der Waals surface area (Å²) in [5.41, 5.74) is -3.51. The first-order valence-electron chi connectivity index (χ1n) is 9.15. The van der Waals surface area contributed by atoms with E-state index in [0.717, 1.165) is 12.1 Å². The van der Waals surface area contributed by atoms with E-state index in [1.54, 1.807) is 13.8 Å². The van der Waals surface area contributed by atoms with E-state index in [0.29, 0.717) is 17.1 Å². The SMILES string of the molecule is CC(C)C1=NN(c2cc(C(F)(F)F)cc(C(F)(F)F)c2)C(=O)/C1=C/c1ccc(O)c(O)c1. The number of phenolic OH excluding ortho intramolecular Hbond substituents is 2. The zero-order valence-electron chi connectivity index (χ0n) is 16.6. The predicted molar refractivity (Wildman–Crippen MR) is 104 cm³/mol. The number of rotatable bonds is 3. The number of nitrogens with zero attached hydrogens (tertiary/aromatic N) is 2. The molecule has 11 heteroatoms. The van der Waals surface area contributed by atoms with Crippen LogP contribution in [0, 0.1) is 5.92 Å². The van der Waals surface area contributed by atoms with E-state index in [4.69, 9.17) is 0 Å². The van der Waals surface area contributed by atoms with Crippen LogP contribution in [0.25, 0.3) is 6.08 Å². The molecule has 0 bridgehead atoms. The molecule has 0 atom stereocenters. The van der Waals surface area contributed by atoms with Gasteiger partial charge in [-0.25, -0.2) is 0 Å². The van der Waals surface area contributed by atoms with Crippen molar-refractivity contribution < 1.29 is 41.4 Å². The fraction of sp³-hybridized carbons (Fsp3) is 0.238. The van der Waals surface area contributed by atoms with E-state index in [1.165, 1.54) is 12.1 Å². The quantitative estimate of drug-likeness (QED) is 0.359. The number of anilines is 1. The Morgan fingerprint density at radius 3 is 1.94 bits per heavy atom. The fourth-order valence-corrected chi connectivity index (χ4v) is 3.03. The van der Waals surface area contributed by atoms with Crippen LogP contribution in [0.15, 0.2) is 47.1 Å². The van der Waals surface area contributed by atoms with Crippen LogP contribution in [0.3, 0.4) is 0 Å². The molecule has 2 N–H and O–H groups in total. The second kappa shape index (κ2) is 7.88. The number of amides is 1. The molecule has 0 saturated carbocycles. The lowest BCUT2D eigenvalue weighted by Crippen LogP contribution is -2.23. The van der Waals surface area contributed by atoms with Gasteiger partial charge in [0.2, 0.25) is 0 Å². The Kier molecular flexibility index (Phi) is 5.71. The highest BCUT2D eigenvalue weighted by atomic mass is 19.4. The van der Waals surface area contributed by atoms with Gasteiger partial charge in [0.05, 0.1) is 28.1 Å². The fourth-order valence-electron chi connectivity index (χ4n) is 3.03. The van der Waals surface area contributed by atoms with Crippen molar-refractivity contribution in [3.63, 3.8) is 0 Å². The average Bonchev–Trinajstić information content (AvgIpc) is 3.00. The molecule has 1 aliphatic heterocycles. The number of hydrogen-bond acceptors (Lipinski definition) is 4. The van der Waals surface area contributed by atoms with Crippen LogP contribution in [0.1, 0.15) is 30.5 Å². The van der Waals surface area contributed by atoms with Crippen molar-refractivity contribution in [2.75, 3.05) is 5.01 Å². The van der Waals surface area contributed by atoms with Crippen molar-refractivity contribution >= 4 is 23.4 Å². The van der Waals surface area contributed by atoms with E-state index in [-0.39, 0.29) is 22.9 Å². The van der Waals surface area contributed by atoms with Gasteiger partial charge in [-0.2, -0.15) is 36.5 Å². The van der Waals surface area contributed by atoms with Gasteiger partial charge in [-0.15, -0.1) is 0 Å². The van der Waals surface area contributed by atoms with E-state index >= 15 is 0 Å². The standard InChI is InChI=1S/C21H16F6N2O3/c1-10(2)18-15(5-11-3-4-16(30)17(31)6-11)19(32)29(28-18)14-8-12(20(22,23)24)7-13(9-14)21(25,26)27/h3-10,30-31H,1-2H3/b15-5+. The number of hydrazone groups is 1. The zero-order chi connectivity index (χ0) is 24.0. The Labute approximate surface area is 177 Å². The van der Waals surface area contributed by atoms with E-state index in [2.05, 4.69) is 5.10 Å². The van der Waals surface area contributed by atoms with Gasteiger partial charge in [-0.3, -0.25) is 4.79 Å². The molecule has 0 saturated heterocycles. The summed E-state index contributed by atoms with van der Waals surface area (Å²) in [6.45, 7) is 3.29. The van der Waals surface area contributed by atoms with Gasteiger partial charge in [0.1, 0.15) is 0 Å². The van der Waals surface area contributed by atoms with Crippen LogP contribution < -0.4 is 5.01 Å². The summed E-state index contributed by atoms with van der Waals surface area (Å²) in [7, 11) is 0. The Bertz CT molecular complexity index is 1100. The van der Waals surface area contributed by atoms with Crippen LogP contribution in [0.4, 0.5) is 32.0 Å². The number of carbonyl (C=O) groups is 1. The van der Waals surface area contributed by atoms with Crippen molar-refractivity contribution in [1.82, 2.24) is 0 Å². The minimum absolute atomic E-state index is 0.0346. The molecule has 0 unspecified atom stereocenters. The first-order chi connectivity index (χ1) is 14.7. The highest BCUT2D eigenvalue weighted by Crippen LogP contribution is 2.40. The molecule has 2 aromatic carbocycles. The molecule has 1 heterocycles. The molecular weight excluding hydrogens is 442 g/mol. The molecule has 0 fully saturated rings. The number of phenols is 2. The Hall–Kier alpha value is -3.50. The lowest BCUT2D eigenvalue weighted by atomic mass is 9.98. The monoisotopic (exact) mass is 458 g/mol. The number of alkyl halides is 6. The van der Waals surface area contributed by atoms with Gasteiger partial charge in [-0.05, 0) is 47.9 Å². The van der Waals surface area contributed by atoms with Crippen LogP contribution in [-0.2, 0) is 17.1 Å². The van der Waals surface area contributed by atoms with E-state index in [9.17, 15) is 41.4 Å². The summed E-state index contributed by atoms with van der Waals surface area (Å²) in [5.74, 6) is -2.23. The number of carbonyl (C=O) groups excluding carboxylic acids is 1. The number of halogens is 6. The van der Waals surface area contributed by atoms with Gasteiger partial charge in [0, 0.05) is 0 Å². The van der Waals surface area contributed by atoms with Crippen molar-refractivity contribution in [1.29, 1.82) is 0 Å². The number of benzene rings is 2. The van der Waals surface area contributed by atoms with Gasteiger partial charge in [0.15, 0.2) is 11.5 Å². The second-order valence-corrected chi connectivity index (χ2v) is 7.33. The number of hydrogen-bond donors (Lipinski definition) is 2. The van der Waals surface area contributed by atoms with Crippen molar-refractivity contribution in [3.8, 4) is 11.5 Å². The first-order valence-corrected chi connectivity index (χ1v) is 9.15. The van der Waals surface area contributed by atoms with Gasteiger partial charge in [-0.1, -0.05) is 19.9 Å². The summed E-state index contributed by atoms with van der Waals surface area (Å²) in [6, 6.07) is 4.47. The van der Waals surface area contributed by atoms with Crippen LogP contribution in [0.5, 0.6) is 11.5 Å². The summed E-state index contributed by atoms with van der Waals surface area (Å²) in [6.07, 6.45) is -8.88. The minimum atomic E-state index is -5.08. The lowest BCUT2D eigenvalue weighted by Gasteiger charge is -2.17. The maximum atomic E-state index is 13.2. The molecule has 5 nitrogen and oxygen atoms in total. The molecule has 2 aromatic rings. The van der Waals surface area contributed by atoms with Crippen molar-refractivity contribution in [3.05, 3.63) is 58.7 Å². The molecular formula is C21H16F6N2O3. The number of aromatic hydroxyl groups is 2. The molecule has 170 valence electrons. The second-order valence-electron chi connectivity index (χ2n) is 7.33. The zero-order valence-corrected chi connectivity index (χ0v) is 16.6. The minimum Gasteiger partial charge on any atom is -0.504 e. The molecule has 0 aromatic heterocycles. The van der Waals surface area contributed by atoms with Gasteiger partial charge in [0.25, 0.3) is 5.91 Å². The third-order valence-corrected chi connectivity index (χ3v) is 4.58. The Balaban J connectivity index is 2.14. The lowest BCUT2D eigenvalue weighted by molar-refractivity contribution is -0.143. The van der Waals surface area contributed by atoms with Crippen LogP contribution >= 0.6 is 0 Å². The third kappa shape index (κ3) is 4.56. The Morgan fingerprint density at radius 1 is 0.906 bits per heavy atom. The summed E-state index contributed by atoms with van der Waals surface area (Å²) in [4.78, 5) is 13.0. The van der Waals surface area contributed by atoms with Gasteiger partial charge >= 0.3 is 12.4 Å². The highest BCUT2D eigenvalue weighted by molar-refractivity contribution is 6.33. The largest absolute Gasteiger partial charge is 0.504 e. The summed E-state index contributed by atoms with van der Waals surface area (Å²) in [5, 5.41) is 23.5. The normalized spacial score (nSPS) is 16.3. The average molecular weight is 458 g/mol. The molecule has 0 aliphatic carbocycles. The smallest absolute Gasteiger partial charge is 0.416 e. The summed E-state index contributed by atoms with van der Waals surface area (Å²) < 4.78 is 79.2. The maximum Gasteiger partial charge on any atom is 0.416 e. The van der Waals surface area contributed by atoms with E-state index in [1.807, 2.05) is 0 Å². The first kappa shape index (κ1) is 23.2. The molecule has 32 heavy (non-hydrogen) atoms. The van der Waals surface area contributed by atoms with Gasteiger partial charge < -0.3 is 10.2 Å².